The number of thioether (sulfide) groups is 1. The Kier molecular flexibility index (Phi) is 5.61. The van der Waals surface area contributed by atoms with Gasteiger partial charge in [-0.2, -0.15) is 11.8 Å². The molecule has 0 radical (unpaired) electrons. The molecule has 0 saturated carbocycles. The van der Waals surface area contributed by atoms with Gasteiger partial charge in [0.15, 0.2) is 0 Å². The minimum atomic E-state index is 0.990. The molecule has 0 bridgehead atoms. The van der Waals surface area contributed by atoms with Crippen molar-refractivity contribution in [3.63, 3.8) is 0 Å². The fourth-order valence-corrected chi connectivity index (χ4v) is 1.76. The second kappa shape index (κ2) is 6.77. The van der Waals surface area contributed by atoms with Crippen molar-refractivity contribution in [1.29, 1.82) is 0 Å². The number of nitrogens with zero attached hydrogens (tertiary/aromatic N) is 2. The van der Waals surface area contributed by atoms with Crippen LogP contribution in [0.15, 0.2) is 6.20 Å². The molecule has 0 saturated heterocycles. The van der Waals surface area contributed by atoms with E-state index in [-0.39, 0.29) is 0 Å². The van der Waals surface area contributed by atoms with Crippen LogP contribution >= 0.6 is 11.8 Å². The molecule has 0 fully saturated rings. The molecule has 4 heteroatoms. The first-order chi connectivity index (χ1) is 7.27. The molecule has 0 aliphatic rings. The summed E-state index contributed by atoms with van der Waals surface area (Å²) in [5, 5.41) is 3.37. The van der Waals surface area contributed by atoms with Crippen molar-refractivity contribution in [2.45, 2.75) is 33.2 Å². The molecule has 1 aromatic heterocycles. The van der Waals surface area contributed by atoms with Gasteiger partial charge in [0, 0.05) is 25.0 Å². The molecule has 1 rings (SSSR count). The fraction of sp³-hybridized carbons (Fsp3) is 0.727. The second-order valence-corrected chi connectivity index (χ2v) is 4.66. The summed E-state index contributed by atoms with van der Waals surface area (Å²) >= 11 is 1.85. The Hall–Kier alpha value is -0.640. The number of hydrogen-bond acceptors (Lipinski definition) is 3. The van der Waals surface area contributed by atoms with Gasteiger partial charge in [0.1, 0.15) is 0 Å². The van der Waals surface area contributed by atoms with Gasteiger partial charge in [0.05, 0.1) is 5.69 Å². The van der Waals surface area contributed by atoms with E-state index in [0.717, 1.165) is 30.5 Å². The second-order valence-electron chi connectivity index (χ2n) is 3.67. The Bertz CT molecular complexity index is 283. The normalized spacial score (nSPS) is 10.6. The quantitative estimate of drug-likeness (QED) is 0.726. The van der Waals surface area contributed by atoms with Crippen molar-refractivity contribution in [3.8, 4) is 0 Å². The average Bonchev–Trinajstić information content (AvgIpc) is 2.56. The predicted molar refractivity (Wildman–Crippen MR) is 68.7 cm³/mol. The molecule has 0 spiro atoms. The first kappa shape index (κ1) is 12.4. The van der Waals surface area contributed by atoms with Crippen LogP contribution in [0.3, 0.4) is 0 Å². The highest BCUT2D eigenvalue weighted by Crippen LogP contribution is 2.10. The van der Waals surface area contributed by atoms with Gasteiger partial charge in [-0.3, -0.25) is 0 Å². The van der Waals surface area contributed by atoms with E-state index in [1.54, 1.807) is 0 Å². The van der Waals surface area contributed by atoms with Crippen LogP contribution in [0.25, 0.3) is 0 Å². The highest BCUT2D eigenvalue weighted by atomic mass is 32.2. The molecule has 3 nitrogen and oxygen atoms in total. The number of aromatic nitrogens is 2. The maximum absolute atomic E-state index is 4.48. The van der Waals surface area contributed by atoms with E-state index < -0.39 is 0 Å². The van der Waals surface area contributed by atoms with Crippen LogP contribution in [-0.2, 0) is 6.54 Å². The fourth-order valence-electron chi connectivity index (χ4n) is 1.45. The number of nitrogens with one attached hydrogen (secondary N) is 1. The lowest BCUT2D eigenvalue weighted by Gasteiger charge is -2.08. The predicted octanol–water partition coefficient (Wildman–Crippen LogP) is 2.77. The average molecular weight is 227 g/mol. The zero-order valence-electron chi connectivity index (χ0n) is 9.92. The zero-order chi connectivity index (χ0) is 11.1. The van der Waals surface area contributed by atoms with Gasteiger partial charge in [0.25, 0.3) is 0 Å². The van der Waals surface area contributed by atoms with Crippen molar-refractivity contribution in [1.82, 2.24) is 9.55 Å². The van der Waals surface area contributed by atoms with E-state index in [1.165, 1.54) is 12.8 Å². The monoisotopic (exact) mass is 227 g/mol. The molecule has 0 aromatic carbocycles. The molecular formula is C11H21N3S. The Balaban J connectivity index is 2.51. The van der Waals surface area contributed by atoms with Crippen LogP contribution < -0.4 is 5.32 Å². The highest BCUT2D eigenvalue weighted by Gasteiger charge is 2.03. The summed E-state index contributed by atoms with van der Waals surface area (Å²) < 4.78 is 2.22. The van der Waals surface area contributed by atoms with Gasteiger partial charge in [-0.25, -0.2) is 4.98 Å². The van der Waals surface area contributed by atoms with E-state index in [1.807, 2.05) is 18.7 Å². The van der Waals surface area contributed by atoms with Gasteiger partial charge in [-0.05, 0) is 19.6 Å². The van der Waals surface area contributed by atoms with Crippen LogP contribution in [0.4, 0.5) is 5.95 Å². The van der Waals surface area contributed by atoms with Gasteiger partial charge in [-0.1, -0.05) is 13.3 Å². The van der Waals surface area contributed by atoms with E-state index in [0.29, 0.717) is 0 Å². The lowest BCUT2D eigenvalue weighted by atomic mass is 10.3. The van der Waals surface area contributed by atoms with Gasteiger partial charge < -0.3 is 9.88 Å². The van der Waals surface area contributed by atoms with Gasteiger partial charge >= 0.3 is 0 Å². The largest absolute Gasteiger partial charge is 0.355 e. The number of aryl methyl sites for hydroxylation is 2. The van der Waals surface area contributed by atoms with Crippen LogP contribution in [0.2, 0.25) is 0 Å². The summed E-state index contributed by atoms with van der Waals surface area (Å²) in [5.41, 5.74) is 1.10. The molecule has 0 unspecified atom stereocenters. The molecule has 1 heterocycles. The molecule has 0 aliphatic carbocycles. The summed E-state index contributed by atoms with van der Waals surface area (Å²) in [6.45, 7) is 6.31. The van der Waals surface area contributed by atoms with E-state index in [4.69, 9.17) is 0 Å². The number of hydrogen-bond donors (Lipinski definition) is 1. The van der Waals surface area contributed by atoms with E-state index in [9.17, 15) is 0 Å². The standard InChI is InChI=1S/C11H21N3S/c1-4-5-7-14-9-10(2)13-11(14)12-6-8-15-3/h9H,4-8H2,1-3H3,(H,12,13). The number of anilines is 1. The third-order valence-electron chi connectivity index (χ3n) is 2.24. The number of rotatable bonds is 7. The molecular weight excluding hydrogens is 206 g/mol. The summed E-state index contributed by atoms with van der Waals surface area (Å²) in [4.78, 5) is 4.48. The number of unbranched alkanes of at least 4 members (excludes halogenated alkanes) is 1. The summed E-state index contributed by atoms with van der Waals surface area (Å²) in [6, 6.07) is 0. The SMILES string of the molecule is CCCCn1cc(C)nc1NCCSC. The smallest absolute Gasteiger partial charge is 0.203 e. The van der Waals surface area contributed by atoms with Gasteiger partial charge in [0.2, 0.25) is 5.95 Å². The van der Waals surface area contributed by atoms with Crippen molar-refractivity contribution >= 4 is 17.7 Å². The Labute approximate surface area is 96.7 Å². The first-order valence-corrected chi connectivity index (χ1v) is 6.94. The summed E-state index contributed by atoms with van der Waals surface area (Å²) in [5.74, 6) is 2.15. The third-order valence-corrected chi connectivity index (χ3v) is 2.85. The maximum Gasteiger partial charge on any atom is 0.203 e. The lowest BCUT2D eigenvalue weighted by molar-refractivity contribution is 0.635. The molecule has 0 amide bonds. The minimum Gasteiger partial charge on any atom is -0.355 e. The summed E-state index contributed by atoms with van der Waals surface area (Å²) in [6.07, 6.45) is 6.68. The topological polar surface area (TPSA) is 29.9 Å². The Morgan fingerprint density at radius 3 is 3.00 bits per heavy atom. The summed E-state index contributed by atoms with van der Waals surface area (Å²) in [7, 11) is 0. The van der Waals surface area contributed by atoms with Crippen LogP contribution in [-0.4, -0.2) is 28.1 Å². The minimum absolute atomic E-state index is 0.990. The molecule has 0 atom stereocenters. The van der Waals surface area contributed by atoms with Crippen LogP contribution in [0.5, 0.6) is 0 Å². The molecule has 0 aliphatic heterocycles. The van der Waals surface area contributed by atoms with Crippen molar-refractivity contribution in [3.05, 3.63) is 11.9 Å². The molecule has 1 N–H and O–H groups in total. The van der Waals surface area contributed by atoms with Crippen LogP contribution in [0, 0.1) is 6.92 Å². The maximum atomic E-state index is 4.48. The zero-order valence-corrected chi connectivity index (χ0v) is 10.7. The lowest BCUT2D eigenvalue weighted by Crippen LogP contribution is -2.10. The first-order valence-electron chi connectivity index (χ1n) is 5.54. The van der Waals surface area contributed by atoms with E-state index in [2.05, 4.69) is 34.2 Å². The van der Waals surface area contributed by atoms with Gasteiger partial charge in [-0.15, -0.1) is 0 Å². The van der Waals surface area contributed by atoms with Crippen LogP contribution in [0.1, 0.15) is 25.5 Å². The van der Waals surface area contributed by atoms with Crippen molar-refractivity contribution < 1.29 is 0 Å². The van der Waals surface area contributed by atoms with Crippen molar-refractivity contribution in [2.24, 2.45) is 0 Å². The molecule has 1 aromatic rings. The Morgan fingerprint density at radius 2 is 2.33 bits per heavy atom. The van der Waals surface area contributed by atoms with E-state index >= 15 is 0 Å². The molecule has 15 heavy (non-hydrogen) atoms. The van der Waals surface area contributed by atoms with Crippen molar-refractivity contribution in [2.75, 3.05) is 23.9 Å². The molecule has 86 valence electrons. The number of imidazole rings is 1. The highest BCUT2D eigenvalue weighted by molar-refractivity contribution is 7.98. The Morgan fingerprint density at radius 1 is 1.53 bits per heavy atom. The third kappa shape index (κ3) is 4.16.